The lowest BCUT2D eigenvalue weighted by molar-refractivity contribution is -0.121. The van der Waals surface area contributed by atoms with Crippen molar-refractivity contribution in [3.05, 3.63) is 23.8 Å². The molecule has 2 rings (SSSR count). The number of nitrogen functional groups attached to an aromatic ring is 1. The average Bonchev–Trinajstić information content (AvgIpc) is 2.71. The molecule has 0 unspecified atom stereocenters. The molecular weight excluding hydrogens is 238 g/mol. The Morgan fingerprint density at radius 2 is 2.21 bits per heavy atom. The third kappa shape index (κ3) is 3.19. The molecule has 1 aliphatic rings. The summed E-state index contributed by atoms with van der Waals surface area (Å²) < 4.78 is 0. The SMILES string of the molecule is CCC(C)(C)NC(=O)CN1CCc2cc(N)ccc21. The molecule has 19 heavy (non-hydrogen) atoms. The smallest absolute Gasteiger partial charge is 0.239 e. The summed E-state index contributed by atoms with van der Waals surface area (Å²) in [6.07, 6.45) is 1.89. The van der Waals surface area contributed by atoms with E-state index in [1.807, 2.05) is 32.0 Å². The number of nitrogens with one attached hydrogen (secondary N) is 1. The van der Waals surface area contributed by atoms with Crippen molar-refractivity contribution >= 4 is 17.3 Å². The Kier molecular flexibility index (Phi) is 3.69. The van der Waals surface area contributed by atoms with Crippen LogP contribution in [0.2, 0.25) is 0 Å². The molecule has 0 bridgehead atoms. The van der Waals surface area contributed by atoms with Crippen LogP contribution in [-0.4, -0.2) is 24.5 Å². The quantitative estimate of drug-likeness (QED) is 0.814. The van der Waals surface area contributed by atoms with Gasteiger partial charge >= 0.3 is 0 Å². The van der Waals surface area contributed by atoms with Gasteiger partial charge in [-0.2, -0.15) is 0 Å². The third-order valence-corrected chi connectivity index (χ3v) is 3.79. The summed E-state index contributed by atoms with van der Waals surface area (Å²) in [6.45, 7) is 7.47. The maximum Gasteiger partial charge on any atom is 0.239 e. The van der Waals surface area contributed by atoms with Crippen LogP contribution in [0.4, 0.5) is 11.4 Å². The first-order valence-electron chi connectivity index (χ1n) is 6.85. The van der Waals surface area contributed by atoms with Crippen LogP contribution in [0.3, 0.4) is 0 Å². The third-order valence-electron chi connectivity index (χ3n) is 3.79. The highest BCUT2D eigenvalue weighted by Gasteiger charge is 2.23. The zero-order valence-electron chi connectivity index (χ0n) is 12.0. The number of hydrogen-bond acceptors (Lipinski definition) is 3. The Morgan fingerprint density at radius 1 is 1.47 bits per heavy atom. The summed E-state index contributed by atoms with van der Waals surface area (Å²) in [7, 11) is 0. The van der Waals surface area contributed by atoms with Gasteiger partial charge in [0.2, 0.25) is 5.91 Å². The van der Waals surface area contributed by atoms with E-state index in [9.17, 15) is 4.79 Å². The molecule has 0 saturated carbocycles. The number of fused-ring (bicyclic) bond motifs is 1. The van der Waals surface area contributed by atoms with Crippen molar-refractivity contribution in [2.24, 2.45) is 0 Å². The highest BCUT2D eigenvalue weighted by atomic mass is 16.2. The molecule has 0 fully saturated rings. The van der Waals surface area contributed by atoms with Gasteiger partial charge in [0.15, 0.2) is 0 Å². The fourth-order valence-corrected chi connectivity index (χ4v) is 2.33. The summed E-state index contributed by atoms with van der Waals surface area (Å²) in [6, 6.07) is 5.91. The zero-order chi connectivity index (χ0) is 14.0. The van der Waals surface area contributed by atoms with Gasteiger partial charge in [0.05, 0.1) is 6.54 Å². The summed E-state index contributed by atoms with van der Waals surface area (Å²) in [5.74, 6) is 0.0801. The van der Waals surface area contributed by atoms with Gasteiger partial charge in [-0.3, -0.25) is 4.79 Å². The van der Waals surface area contributed by atoms with Crippen molar-refractivity contribution in [1.82, 2.24) is 5.32 Å². The van der Waals surface area contributed by atoms with Crippen molar-refractivity contribution in [3.8, 4) is 0 Å². The van der Waals surface area contributed by atoms with E-state index < -0.39 is 0 Å². The molecule has 104 valence electrons. The van der Waals surface area contributed by atoms with Gasteiger partial charge in [-0.15, -0.1) is 0 Å². The number of amides is 1. The average molecular weight is 261 g/mol. The normalized spacial score (nSPS) is 14.4. The molecule has 0 saturated heterocycles. The van der Waals surface area contributed by atoms with Crippen LogP contribution in [0.15, 0.2) is 18.2 Å². The predicted octanol–water partition coefficient (Wildman–Crippen LogP) is 1.94. The van der Waals surface area contributed by atoms with Gasteiger partial charge in [0, 0.05) is 23.5 Å². The monoisotopic (exact) mass is 261 g/mol. The number of nitrogens with two attached hydrogens (primary N) is 1. The minimum Gasteiger partial charge on any atom is -0.399 e. The molecular formula is C15H23N3O. The number of nitrogens with zero attached hydrogens (tertiary/aromatic N) is 1. The van der Waals surface area contributed by atoms with E-state index in [-0.39, 0.29) is 11.4 Å². The lowest BCUT2D eigenvalue weighted by Gasteiger charge is -2.27. The highest BCUT2D eigenvalue weighted by Crippen LogP contribution is 2.29. The van der Waals surface area contributed by atoms with Crippen LogP contribution >= 0.6 is 0 Å². The second-order valence-corrected chi connectivity index (χ2v) is 5.85. The van der Waals surface area contributed by atoms with Crippen LogP contribution in [0.5, 0.6) is 0 Å². The number of hydrogen-bond donors (Lipinski definition) is 2. The van der Waals surface area contributed by atoms with E-state index in [1.54, 1.807) is 0 Å². The van der Waals surface area contributed by atoms with Crippen LogP contribution in [-0.2, 0) is 11.2 Å². The number of carbonyl (C=O) groups excluding carboxylic acids is 1. The molecule has 4 heteroatoms. The van der Waals surface area contributed by atoms with Crippen LogP contribution in [0, 0.1) is 0 Å². The van der Waals surface area contributed by atoms with Crippen LogP contribution < -0.4 is 16.0 Å². The first-order valence-corrected chi connectivity index (χ1v) is 6.85. The Morgan fingerprint density at radius 3 is 2.89 bits per heavy atom. The maximum absolute atomic E-state index is 12.1. The molecule has 0 atom stereocenters. The number of carbonyl (C=O) groups is 1. The first-order chi connectivity index (χ1) is 8.91. The van der Waals surface area contributed by atoms with Crippen molar-refractivity contribution in [3.63, 3.8) is 0 Å². The van der Waals surface area contributed by atoms with Crippen molar-refractivity contribution in [2.45, 2.75) is 39.2 Å². The van der Waals surface area contributed by atoms with Gasteiger partial charge in [0.1, 0.15) is 0 Å². The van der Waals surface area contributed by atoms with E-state index in [1.165, 1.54) is 5.56 Å². The molecule has 0 aromatic heterocycles. The summed E-state index contributed by atoms with van der Waals surface area (Å²) >= 11 is 0. The Balaban J connectivity index is 2.01. The Hall–Kier alpha value is -1.71. The second-order valence-electron chi connectivity index (χ2n) is 5.85. The lowest BCUT2D eigenvalue weighted by Crippen LogP contribution is -2.47. The zero-order valence-corrected chi connectivity index (χ0v) is 12.0. The molecule has 0 radical (unpaired) electrons. The van der Waals surface area contributed by atoms with Gasteiger partial charge in [-0.05, 0) is 50.5 Å². The largest absolute Gasteiger partial charge is 0.399 e. The van der Waals surface area contributed by atoms with Crippen molar-refractivity contribution < 1.29 is 4.79 Å². The standard InChI is InChI=1S/C15H23N3O/c1-4-15(2,3)17-14(19)10-18-8-7-11-9-12(16)5-6-13(11)18/h5-6,9H,4,7-8,10,16H2,1-3H3,(H,17,19). The number of anilines is 2. The molecule has 0 aliphatic carbocycles. The van der Waals surface area contributed by atoms with Gasteiger partial charge < -0.3 is 16.0 Å². The molecule has 1 heterocycles. The highest BCUT2D eigenvalue weighted by molar-refractivity contribution is 5.83. The van der Waals surface area contributed by atoms with E-state index >= 15 is 0 Å². The second kappa shape index (κ2) is 5.11. The maximum atomic E-state index is 12.1. The fourth-order valence-electron chi connectivity index (χ4n) is 2.33. The molecule has 0 spiro atoms. The van der Waals surface area contributed by atoms with E-state index in [4.69, 9.17) is 5.73 Å². The number of rotatable bonds is 4. The lowest BCUT2D eigenvalue weighted by atomic mass is 10.0. The summed E-state index contributed by atoms with van der Waals surface area (Å²) in [4.78, 5) is 14.2. The van der Waals surface area contributed by atoms with Gasteiger partial charge in [-0.25, -0.2) is 0 Å². The molecule has 3 N–H and O–H groups in total. The topological polar surface area (TPSA) is 58.4 Å². The van der Waals surface area contributed by atoms with Gasteiger partial charge in [-0.1, -0.05) is 6.92 Å². The van der Waals surface area contributed by atoms with Gasteiger partial charge in [0.25, 0.3) is 0 Å². The van der Waals surface area contributed by atoms with Crippen molar-refractivity contribution in [2.75, 3.05) is 23.7 Å². The predicted molar refractivity (Wildman–Crippen MR) is 79.3 cm³/mol. The molecule has 1 aromatic rings. The number of benzene rings is 1. The molecule has 1 amide bonds. The molecule has 1 aromatic carbocycles. The Labute approximate surface area is 115 Å². The molecule has 4 nitrogen and oxygen atoms in total. The van der Waals surface area contributed by atoms with E-state index in [0.717, 1.165) is 30.8 Å². The summed E-state index contributed by atoms with van der Waals surface area (Å²) in [5, 5.41) is 3.07. The summed E-state index contributed by atoms with van der Waals surface area (Å²) in [5.41, 5.74) is 8.81. The van der Waals surface area contributed by atoms with E-state index in [0.29, 0.717) is 6.54 Å². The van der Waals surface area contributed by atoms with Crippen LogP contribution in [0.1, 0.15) is 32.8 Å². The van der Waals surface area contributed by atoms with E-state index in [2.05, 4.69) is 17.1 Å². The Bertz CT molecular complexity index is 482. The van der Waals surface area contributed by atoms with Crippen LogP contribution in [0.25, 0.3) is 0 Å². The minimum absolute atomic E-state index is 0.0801. The molecule has 1 aliphatic heterocycles. The first kappa shape index (κ1) is 13.7. The minimum atomic E-state index is -0.138. The van der Waals surface area contributed by atoms with Crippen molar-refractivity contribution in [1.29, 1.82) is 0 Å². The fraction of sp³-hybridized carbons (Fsp3) is 0.533.